The van der Waals surface area contributed by atoms with E-state index in [0.29, 0.717) is 6.26 Å². The van der Waals surface area contributed by atoms with Crippen molar-refractivity contribution in [1.82, 2.24) is 0 Å². The quantitative estimate of drug-likeness (QED) is 0.177. The molecule has 104 valence electrons. The molecule has 18 heavy (non-hydrogen) atoms. The normalized spacial score (nSPS) is 12.5. The highest BCUT2D eigenvalue weighted by atomic mass is 19.3. The molecule has 0 N–H and O–H groups in total. The lowest BCUT2D eigenvalue weighted by Gasteiger charge is -2.15. The maximum Gasteiger partial charge on any atom is 0.369 e. The molecular weight excluding hydrogens is 260 g/mol. The summed E-state index contributed by atoms with van der Waals surface area (Å²) in [4.78, 5) is 22.3. The molecule has 0 spiro atoms. The molecule has 0 aliphatic rings. The number of carbonyl (C=O) groups excluding carboxylic acids is 2. The maximum atomic E-state index is 12.8. The Morgan fingerprint density at radius 2 is 1.78 bits per heavy atom. The molecule has 0 bridgehead atoms. The van der Waals surface area contributed by atoms with Crippen LogP contribution in [0, 0.1) is 0 Å². The van der Waals surface area contributed by atoms with E-state index in [1.54, 1.807) is 0 Å². The summed E-state index contributed by atoms with van der Waals surface area (Å²) in [5.41, 5.74) is -1.25. The van der Waals surface area contributed by atoms with Crippen LogP contribution < -0.4 is 0 Å². The highest BCUT2D eigenvalue weighted by molar-refractivity contribution is 6.19. The molecule has 0 radical (unpaired) electrons. The Labute approximate surface area is 101 Å². The number of ketones is 1. The van der Waals surface area contributed by atoms with E-state index in [1.165, 1.54) is 13.8 Å². The first-order chi connectivity index (χ1) is 8.28. The second-order valence-corrected chi connectivity index (χ2v) is 2.96. The first kappa shape index (κ1) is 16.4. The second-order valence-electron chi connectivity index (χ2n) is 2.96. The minimum absolute atomic E-state index is 0.0313. The van der Waals surface area contributed by atoms with Gasteiger partial charge in [-0.2, -0.15) is 8.78 Å². The van der Waals surface area contributed by atoms with E-state index in [1.807, 2.05) is 0 Å². The number of esters is 1. The van der Waals surface area contributed by atoms with E-state index in [2.05, 4.69) is 9.47 Å². The van der Waals surface area contributed by atoms with Crippen molar-refractivity contribution in [2.24, 2.45) is 0 Å². The summed E-state index contributed by atoms with van der Waals surface area (Å²) in [6.07, 6.45) is -3.82. The Morgan fingerprint density at radius 3 is 2.17 bits per heavy atom. The summed E-state index contributed by atoms with van der Waals surface area (Å²) in [6.45, 7) is 2.59. The fourth-order valence-electron chi connectivity index (χ4n) is 0.848. The third kappa shape index (κ3) is 4.01. The van der Waals surface area contributed by atoms with Crippen molar-refractivity contribution in [3.8, 4) is 0 Å². The number of alkyl halides is 4. The van der Waals surface area contributed by atoms with Crippen LogP contribution in [-0.4, -0.2) is 37.3 Å². The Kier molecular flexibility index (Phi) is 6.35. The Hall–Kier alpha value is -1.60. The largest absolute Gasteiger partial charge is 0.500 e. The van der Waals surface area contributed by atoms with E-state index < -0.39 is 29.7 Å². The SMILES string of the molecule is CCOC=C(C(=O)OCC)C(=O)C(F)(F)C(F)F. The molecule has 0 atom stereocenters. The molecule has 0 saturated heterocycles. The lowest BCUT2D eigenvalue weighted by Crippen LogP contribution is -2.39. The van der Waals surface area contributed by atoms with Crippen molar-refractivity contribution in [2.75, 3.05) is 13.2 Å². The van der Waals surface area contributed by atoms with E-state index in [9.17, 15) is 27.2 Å². The highest BCUT2D eigenvalue weighted by Gasteiger charge is 2.51. The van der Waals surface area contributed by atoms with Crippen molar-refractivity contribution in [1.29, 1.82) is 0 Å². The topological polar surface area (TPSA) is 52.6 Å². The molecule has 0 unspecified atom stereocenters. The lowest BCUT2D eigenvalue weighted by atomic mass is 10.1. The Balaban J connectivity index is 5.21. The van der Waals surface area contributed by atoms with E-state index in [-0.39, 0.29) is 13.2 Å². The molecule has 8 heteroatoms. The summed E-state index contributed by atoms with van der Waals surface area (Å²) < 4.78 is 58.4. The summed E-state index contributed by atoms with van der Waals surface area (Å²) in [5.74, 6) is -8.73. The van der Waals surface area contributed by atoms with Crippen LogP contribution in [0.1, 0.15) is 13.8 Å². The highest BCUT2D eigenvalue weighted by Crippen LogP contribution is 2.27. The second kappa shape index (κ2) is 6.97. The third-order valence-corrected chi connectivity index (χ3v) is 1.68. The average Bonchev–Trinajstić information content (AvgIpc) is 2.29. The number of rotatable bonds is 7. The predicted octanol–water partition coefficient (Wildman–Crippen LogP) is 1.94. The fraction of sp³-hybridized carbons (Fsp3) is 0.600. The van der Waals surface area contributed by atoms with Gasteiger partial charge in [-0.3, -0.25) is 4.79 Å². The molecular formula is C10H12F4O4. The van der Waals surface area contributed by atoms with Crippen molar-refractivity contribution in [3.63, 3.8) is 0 Å². The van der Waals surface area contributed by atoms with Crippen molar-refractivity contribution < 1.29 is 36.6 Å². The molecule has 0 aromatic heterocycles. The van der Waals surface area contributed by atoms with Gasteiger partial charge in [0.2, 0.25) is 5.78 Å². The summed E-state index contributed by atoms with van der Waals surface area (Å²) >= 11 is 0. The van der Waals surface area contributed by atoms with Gasteiger partial charge in [-0.15, -0.1) is 0 Å². The summed E-state index contributed by atoms with van der Waals surface area (Å²) in [7, 11) is 0. The first-order valence-corrected chi connectivity index (χ1v) is 4.98. The summed E-state index contributed by atoms with van der Waals surface area (Å²) in [6, 6.07) is 0. The number of ether oxygens (including phenoxy) is 2. The van der Waals surface area contributed by atoms with Crippen LogP contribution in [0.4, 0.5) is 17.6 Å². The van der Waals surface area contributed by atoms with Gasteiger partial charge in [0.1, 0.15) is 11.8 Å². The van der Waals surface area contributed by atoms with Crippen LogP contribution in [0.5, 0.6) is 0 Å². The molecule has 0 aromatic carbocycles. The first-order valence-electron chi connectivity index (χ1n) is 4.98. The van der Waals surface area contributed by atoms with Gasteiger partial charge < -0.3 is 9.47 Å². The van der Waals surface area contributed by atoms with Crippen molar-refractivity contribution in [3.05, 3.63) is 11.8 Å². The van der Waals surface area contributed by atoms with Gasteiger partial charge in [0.25, 0.3) is 0 Å². The van der Waals surface area contributed by atoms with Crippen LogP contribution >= 0.6 is 0 Å². The number of hydrogen-bond acceptors (Lipinski definition) is 4. The van der Waals surface area contributed by atoms with Gasteiger partial charge >= 0.3 is 18.3 Å². The molecule has 0 saturated carbocycles. The Bertz CT molecular complexity index is 339. The number of Topliss-reactive ketones (excluding diaryl/α,β-unsaturated/α-hetero) is 1. The number of hydrogen-bond donors (Lipinski definition) is 0. The molecule has 0 amide bonds. The van der Waals surface area contributed by atoms with Crippen LogP contribution in [-0.2, 0) is 19.1 Å². The monoisotopic (exact) mass is 272 g/mol. The Morgan fingerprint density at radius 1 is 1.22 bits per heavy atom. The smallest absolute Gasteiger partial charge is 0.369 e. The molecule has 0 aromatic rings. The van der Waals surface area contributed by atoms with Crippen LogP contribution in [0.3, 0.4) is 0 Å². The van der Waals surface area contributed by atoms with Gasteiger partial charge in [-0.05, 0) is 13.8 Å². The number of halogens is 4. The molecule has 0 rings (SSSR count). The van der Waals surface area contributed by atoms with Crippen molar-refractivity contribution >= 4 is 11.8 Å². The zero-order valence-corrected chi connectivity index (χ0v) is 9.71. The molecule has 0 fully saturated rings. The summed E-state index contributed by atoms with van der Waals surface area (Å²) in [5, 5.41) is 0. The molecule has 0 aliphatic heterocycles. The van der Waals surface area contributed by atoms with E-state index >= 15 is 0 Å². The third-order valence-electron chi connectivity index (χ3n) is 1.68. The van der Waals surface area contributed by atoms with Gasteiger partial charge in [0.15, 0.2) is 0 Å². The zero-order valence-electron chi connectivity index (χ0n) is 9.71. The van der Waals surface area contributed by atoms with E-state index in [4.69, 9.17) is 0 Å². The van der Waals surface area contributed by atoms with Gasteiger partial charge in [0, 0.05) is 0 Å². The van der Waals surface area contributed by atoms with Crippen molar-refractivity contribution in [2.45, 2.75) is 26.2 Å². The van der Waals surface area contributed by atoms with Gasteiger partial charge in [0.05, 0.1) is 13.2 Å². The van der Waals surface area contributed by atoms with Crippen LogP contribution in [0.25, 0.3) is 0 Å². The zero-order chi connectivity index (χ0) is 14.3. The standard InChI is InChI=1S/C10H12F4O4/c1-3-17-5-6(8(16)18-4-2)7(15)10(13,14)9(11)12/h5,9H,3-4H2,1-2H3. The predicted molar refractivity (Wildman–Crippen MR) is 52.3 cm³/mol. The van der Waals surface area contributed by atoms with Gasteiger partial charge in [-0.1, -0.05) is 0 Å². The van der Waals surface area contributed by atoms with Crippen LogP contribution in [0.2, 0.25) is 0 Å². The average molecular weight is 272 g/mol. The molecule has 4 nitrogen and oxygen atoms in total. The minimum Gasteiger partial charge on any atom is -0.500 e. The minimum atomic E-state index is -4.96. The lowest BCUT2D eigenvalue weighted by molar-refractivity contribution is -0.165. The fourth-order valence-corrected chi connectivity index (χ4v) is 0.848. The molecule has 0 heterocycles. The maximum absolute atomic E-state index is 12.8. The molecule has 0 aliphatic carbocycles. The van der Waals surface area contributed by atoms with Gasteiger partial charge in [-0.25, -0.2) is 13.6 Å². The van der Waals surface area contributed by atoms with Crippen LogP contribution in [0.15, 0.2) is 11.8 Å². The number of carbonyl (C=O) groups is 2. The van der Waals surface area contributed by atoms with E-state index in [0.717, 1.165) is 0 Å².